The molecule has 0 radical (unpaired) electrons. The van der Waals surface area contributed by atoms with Gasteiger partial charge in [0.05, 0.1) is 6.61 Å². The molecule has 0 aliphatic heterocycles. The van der Waals surface area contributed by atoms with Gasteiger partial charge >= 0.3 is 0 Å². The molecule has 2 aromatic rings. The molecule has 18 heavy (non-hydrogen) atoms. The van der Waals surface area contributed by atoms with Gasteiger partial charge in [0.2, 0.25) is 0 Å². The molecule has 0 atom stereocenters. The summed E-state index contributed by atoms with van der Waals surface area (Å²) < 4.78 is 18.8. The summed E-state index contributed by atoms with van der Waals surface area (Å²) in [6, 6.07) is 13.3. The Morgan fingerprint density at radius 1 is 1.00 bits per heavy atom. The summed E-state index contributed by atoms with van der Waals surface area (Å²) in [6.45, 7) is 0.527. The van der Waals surface area contributed by atoms with Crippen LogP contribution in [0.1, 0.15) is 12.0 Å². The molecule has 0 saturated carbocycles. The molecule has 2 nitrogen and oxygen atoms in total. The Labute approximate surface area is 106 Å². The highest BCUT2D eigenvalue weighted by Crippen LogP contribution is 2.16. The van der Waals surface area contributed by atoms with E-state index < -0.39 is 0 Å². The molecule has 0 amide bonds. The average molecular weight is 246 g/mol. The fraction of sp³-hybridized carbons (Fsp3) is 0.200. The lowest BCUT2D eigenvalue weighted by atomic mass is 10.1. The molecular weight excluding hydrogens is 231 g/mol. The Hall–Kier alpha value is -2.03. The van der Waals surface area contributed by atoms with E-state index >= 15 is 0 Å². The molecule has 0 spiro atoms. The van der Waals surface area contributed by atoms with Crippen molar-refractivity contribution in [1.29, 1.82) is 0 Å². The number of aryl methyl sites for hydroxylation is 1. The van der Waals surface area contributed by atoms with Crippen molar-refractivity contribution in [3.63, 3.8) is 0 Å². The minimum absolute atomic E-state index is 0.165. The van der Waals surface area contributed by atoms with Crippen molar-refractivity contribution in [3.8, 4) is 11.5 Å². The molecular formula is C15H15FO2. The second-order valence-corrected chi connectivity index (χ2v) is 4.04. The van der Waals surface area contributed by atoms with Crippen molar-refractivity contribution in [2.45, 2.75) is 12.8 Å². The molecule has 2 rings (SSSR count). The second kappa shape index (κ2) is 6.05. The van der Waals surface area contributed by atoms with E-state index in [1.165, 1.54) is 6.07 Å². The van der Waals surface area contributed by atoms with E-state index in [1.807, 2.05) is 6.07 Å². The van der Waals surface area contributed by atoms with Gasteiger partial charge in [-0.1, -0.05) is 18.2 Å². The summed E-state index contributed by atoms with van der Waals surface area (Å²) in [4.78, 5) is 0. The molecule has 0 saturated heterocycles. The summed E-state index contributed by atoms with van der Waals surface area (Å²) in [7, 11) is 0. The number of aromatic hydroxyl groups is 1. The van der Waals surface area contributed by atoms with Crippen LogP contribution in [0.2, 0.25) is 0 Å². The van der Waals surface area contributed by atoms with Gasteiger partial charge in [0.15, 0.2) is 0 Å². The predicted octanol–water partition coefficient (Wildman–Crippen LogP) is 3.54. The molecule has 0 fully saturated rings. The monoisotopic (exact) mass is 246 g/mol. The van der Waals surface area contributed by atoms with Gasteiger partial charge in [0.1, 0.15) is 17.3 Å². The maximum Gasteiger partial charge on any atom is 0.126 e. The molecule has 0 bridgehead atoms. The van der Waals surface area contributed by atoms with Crippen LogP contribution in [0.5, 0.6) is 11.5 Å². The summed E-state index contributed by atoms with van der Waals surface area (Å²) in [5.74, 6) is 0.761. The number of ether oxygens (including phenoxy) is 1. The molecule has 2 aromatic carbocycles. The summed E-state index contributed by atoms with van der Waals surface area (Å²) in [5.41, 5.74) is 0.715. The van der Waals surface area contributed by atoms with Crippen LogP contribution in [-0.4, -0.2) is 11.7 Å². The lowest BCUT2D eigenvalue weighted by molar-refractivity contribution is 0.310. The number of phenols is 1. The first-order valence-corrected chi connectivity index (χ1v) is 5.91. The second-order valence-electron chi connectivity index (χ2n) is 4.04. The first-order chi connectivity index (χ1) is 8.75. The van der Waals surface area contributed by atoms with Gasteiger partial charge in [0.25, 0.3) is 0 Å². The van der Waals surface area contributed by atoms with E-state index in [1.54, 1.807) is 36.4 Å². The van der Waals surface area contributed by atoms with Crippen LogP contribution in [0.3, 0.4) is 0 Å². The molecule has 3 heteroatoms. The van der Waals surface area contributed by atoms with E-state index in [2.05, 4.69) is 0 Å². The van der Waals surface area contributed by atoms with Gasteiger partial charge in [-0.25, -0.2) is 4.39 Å². The Morgan fingerprint density at radius 3 is 2.44 bits per heavy atom. The quantitative estimate of drug-likeness (QED) is 0.817. The van der Waals surface area contributed by atoms with Gasteiger partial charge in [0, 0.05) is 0 Å². The Bertz CT molecular complexity index is 494. The highest BCUT2D eigenvalue weighted by atomic mass is 19.1. The highest BCUT2D eigenvalue weighted by molar-refractivity contribution is 5.30. The Balaban J connectivity index is 1.76. The van der Waals surface area contributed by atoms with Crippen LogP contribution < -0.4 is 4.74 Å². The Morgan fingerprint density at radius 2 is 1.72 bits per heavy atom. The minimum Gasteiger partial charge on any atom is -0.508 e. The summed E-state index contributed by atoms with van der Waals surface area (Å²) in [6.07, 6.45) is 1.41. The number of hydrogen-bond donors (Lipinski definition) is 1. The number of benzene rings is 2. The topological polar surface area (TPSA) is 29.5 Å². The van der Waals surface area contributed by atoms with Crippen LogP contribution in [-0.2, 0) is 6.42 Å². The predicted molar refractivity (Wildman–Crippen MR) is 68.3 cm³/mol. The molecule has 0 aliphatic rings. The fourth-order valence-corrected chi connectivity index (χ4v) is 1.70. The summed E-state index contributed by atoms with van der Waals surface area (Å²) >= 11 is 0. The third-order valence-electron chi connectivity index (χ3n) is 2.65. The summed E-state index contributed by atoms with van der Waals surface area (Å²) in [5, 5.41) is 9.11. The van der Waals surface area contributed by atoms with Crippen molar-refractivity contribution in [1.82, 2.24) is 0 Å². The molecule has 0 aromatic heterocycles. The maximum absolute atomic E-state index is 13.3. The SMILES string of the molecule is Oc1ccc(OCCCc2ccccc2F)cc1. The van der Waals surface area contributed by atoms with Crippen LogP contribution in [0.15, 0.2) is 48.5 Å². The van der Waals surface area contributed by atoms with Crippen LogP contribution >= 0.6 is 0 Å². The first-order valence-electron chi connectivity index (χ1n) is 5.91. The van der Waals surface area contributed by atoms with Crippen LogP contribution in [0.25, 0.3) is 0 Å². The maximum atomic E-state index is 13.3. The largest absolute Gasteiger partial charge is 0.508 e. The smallest absolute Gasteiger partial charge is 0.126 e. The Kier molecular flexibility index (Phi) is 4.18. The van der Waals surface area contributed by atoms with Crippen LogP contribution in [0, 0.1) is 5.82 Å². The van der Waals surface area contributed by atoms with Crippen molar-refractivity contribution < 1.29 is 14.2 Å². The zero-order valence-corrected chi connectivity index (χ0v) is 9.97. The van der Waals surface area contributed by atoms with E-state index in [0.717, 1.165) is 6.42 Å². The number of phenolic OH excluding ortho intramolecular Hbond substituents is 1. The first kappa shape index (κ1) is 12.4. The van der Waals surface area contributed by atoms with Gasteiger partial charge < -0.3 is 9.84 Å². The van der Waals surface area contributed by atoms with Crippen molar-refractivity contribution in [3.05, 3.63) is 59.9 Å². The normalized spacial score (nSPS) is 10.3. The third-order valence-corrected chi connectivity index (χ3v) is 2.65. The zero-order chi connectivity index (χ0) is 12.8. The van der Waals surface area contributed by atoms with Gasteiger partial charge in [-0.3, -0.25) is 0 Å². The number of rotatable bonds is 5. The fourth-order valence-electron chi connectivity index (χ4n) is 1.70. The molecule has 0 aliphatic carbocycles. The van der Waals surface area contributed by atoms with Crippen molar-refractivity contribution in [2.24, 2.45) is 0 Å². The van der Waals surface area contributed by atoms with E-state index in [0.29, 0.717) is 24.3 Å². The molecule has 0 heterocycles. The van der Waals surface area contributed by atoms with Gasteiger partial charge in [-0.2, -0.15) is 0 Å². The third kappa shape index (κ3) is 3.48. The van der Waals surface area contributed by atoms with E-state index in [-0.39, 0.29) is 11.6 Å². The lowest BCUT2D eigenvalue weighted by Crippen LogP contribution is -2.00. The molecule has 0 unspecified atom stereocenters. The zero-order valence-electron chi connectivity index (χ0n) is 9.97. The van der Waals surface area contributed by atoms with Gasteiger partial charge in [-0.15, -0.1) is 0 Å². The number of hydrogen-bond acceptors (Lipinski definition) is 2. The number of halogens is 1. The average Bonchev–Trinajstić information content (AvgIpc) is 2.39. The van der Waals surface area contributed by atoms with E-state index in [4.69, 9.17) is 9.84 Å². The molecule has 1 N–H and O–H groups in total. The van der Waals surface area contributed by atoms with Crippen LogP contribution in [0.4, 0.5) is 4.39 Å². The van der Waals surface area contributed by atoms with Crippen molar-refractivity contribution >= 4 is 0 Å². The highest BCUT2D eigenvalue weighted by Gasteiger charge is 2.00. The van der Waals surface area contributed by atoms with E-state index in [9.17, 15) is 4.39 Å². The molecule has 94 valence electrons. The van der Waals surface area contributed by atoms with Gasteiger partial charge in [-0.05, 0) is 48.7 Å². The standard InChI is InChI=1S/C15H15FO2/c16-15-6-2-1-4-12(15)5-3-11-18-14-9-7-13(17)8-10-14/h1-2,4,6-10,17H,3,5,11H2. The lowest BCUT2D eigenvalue weighted by Gasteiger charge is -2.06. The van der Waals surface area contributed by atoms with Crippen molar-refractivity contribution in [2.75, 3.05) is 6.61 Å². The minimum atomic E-state index is -0.165.